The number of amides is 1. The molecule has 0 aliphatic carbocycles. The molecular formula is C10H18N2O3. The fourth-order valence-electron chi connectivity index (χ4n) is 1.94. The lowest BCUT2D eigenvalue weighted by molar-refractivity contribution is -0.142. The minimum Gasteiger partial charge on any atom is -0.468 e. The molecule has 15 heavy (non-hydrogen) atoms. The van der Waals surface area contributed by atoms with Gasteiger partial charge in [0.2, 0.25) is 5.91 Å². The number of carbonyl (C=O) groups excluding carboxylic acids is 2. The first kappa shape index (κ1) is 12.0. The van der Waals surface area contributed by atoms with Crippen molar-refractivity contribution in [1.82, 2.24) is 5.32 Å². The number of methoxy groups -OCH3 is 1. The first-order valence-corrected chi connectivity index (χ1v) is 5.01. The van der Waals surface area contributed by atoms with Crippen molar-refractivity contribution in [3.63, 3.8) is 0 Å². The quantitative estimate of drug-likeness (QED) is 0.637. The Hall–Kier alpha value is -1.10. The second kappa shape index (κ2) is 4.18. The van der Waals surface area contributed by atoms with Gasteiger partial charge in [0.05, 0.1) is 7.11 Å². The molecule has 1 aliphatic heterocycles. The average molecular weight is 214 g/mol. The summed E-state index contributed by atoms with van der Waals surface area (Å²) >= 11 is 0. The second-order valence-corrected chi connectivity index (χ2v) is 4.64. The van der Waals surface area contributed by atoms with E-state index in [0.717, 1.165) is 0 Å². The number of carbonyl (C=O) groups is 2. The van der Waals surface area contributed by atoms with Gasteiger partial charge in [0, 0.05) is 11.5 Å². The number of nitrogens with two attached hydrogens (primary N) is 1. The standard InChI is InChI=1S/C10H18N2O3/c1-10(2)5-6(8(13)12-10)4-7(11)9(14)15-3/h6-7H,4-5,11H2,1-3H3,(H,12,13)/t6?,7-/m0/s1. The predicted octanol–water partition coefficient (Wildman–Crippen LogP) is -0.208. The zero-order valence-corrected chi connectivity index (χ0v) is 9.37. The van der Waals surface area contributed by atoms with Crippen molar-refractivity contribution in [2.45, 2.75) is 38.3 Å². The van der Waals surface area contributed by atoms with Gasteiger partial charge in [-0.1, -0.05) is 0 Å². The van der Waals surface area contributed by atoms with Crippen LogP contribution in [-0.4, -0.2) is 30.6 Å². The lowest BCUT2D eigenvalue weighted by Gasteiger charge is -2.17. The minimum absolute atomic E-state index is 0.0284. The maximum Gasteiger partial charge on any atom is 0.322 e. The highest BCUT2D eigenvalue weighted by Gasteiger charge is 2.38. The van der Waals surface area contributed by atoms with Crippen molar-refractivity contribution in [2.24, 2.45) is 11.7 Å². The maximum absolute atomic E-state index is 11.5. The van der Waals surface area contributed by atoms with Crippen LogP contribution in [0.1, 0.15) is 26.7 Å². The van der Waals surface area contributed by atoms with Crippen LogP contribution in [0.15, 0.2) is 0 Å². The van der Waals surface area contributed by atoms with Crippen LogP contribution in [0.25, 0.3) is 0 Å². The molecule has 5 heteroatoms. The van der Waals surface area contributed by atoms with Gasteiger partial charge < -0.3 is 15.8 Å². The van der Waals surface area contributed by atoms with Crippen LogP contribution < -0.4 is 11.1 Å². The van der Waals surface area contributed by atoms with Gasteiger partial charge in [0.15, 0.2) is 0 Å². The molecule has 1 rings (SSSR count). The van der Waals surface area contributed by atoms with Crippen LogP contribution in [-0.2, 0) is 14.3 Å². The smallest absolute Gasteiger partial charge is 0.322 e. The third-order valence-corrected chi connectivity index (χ3v) is 2.63. The molecule has 0 radical (unpaired) electrons. The summed E-state index contributed by atoms with van der Waals surface area (Å²) in [5, 5.41) is 2.86. The summed E-state index contributed by atoms with van der Waals surface area (Å²) in [7, 11) is 1.29. The molecule has 1 aliphatic rings. The van der Waals surface area contributed by atoms with Gasteiger partial charge in [-0.05, 0) is 26.7 Å². The Morgan fingerprint density at radius 2 is 2.33 bits per heavy atom. The van der Waals surface area contributed by atoms with Crippen molar-refractivity contribution < 1.29 is 14.3 Å². The summed E-state index contributed by atoms with van der Waals surface area (Å²) in [6.45, 7) is 3.91. The topological polar surface area (TPSA) is 81.4 Å². The van der Waals surface area contributed by atoms with E-state index in [4.69, 9.17) is 5.73 Å². The van der Waals surface area contributed by atoms with Gasteiger partial charge in [0.25, 0.3) is 0 Å². The van der Waals surface area contributed by atoms with E-state index < -0.39 is 12.0 Å². The molecule has 3 N–H and O–H groups in total. The van der Waals surface area contributed by atoms with Gasteiger partial charge in [-0.3, -0.25) is 9.59 Å². The van der Waals surface area contributed by atoms with Gasteiger partial charge in [-0.25, -0.2) is 0 Å². The molecule has 1 saturated heterocycles. The molecule has 2 atom stereocenters. The molecule has 1 unspecified atom stereocenters. The first-order valence-electron chi connectivity index (χ1n) is 5.01. The summed E-state index contributed by atoms with van der Waals surface area (Å²) in [6.07, 6.45) is 1.05. The predicted molar refractivity (Wildman–Crippen MR) is 54.9 cm³/mol. The van der Waals surface area contributed by atoms with Crippen LogP contribution in [0.5, 0.6) is 0 Å². The van der Waals surface area contributed by atoms with Crippen LogP contribution >= 0.6 is 0 Å². The molecule has 1 heterocycles. The van der Waals surface area contributed by atoms with Gasteiger partial charge in [0.1, 0.15) is 6.04 Å². The maximum atomic E-state index is 11.5. The van der Waals surface area contributed by atoms with E-state index in [1.54, 1.807) is 0 Å². The van der Waals surface area contributed by atoms with E-state index in [1.165, 1.54) is 7.11 Å². The summed E-state index contributed by atoms with van der Waals surface area (Å²) in [4.78, 5) is 22.6. The van der Waals surface area contributed by atoms with Gasteiger partial charge in [-0.15, -0.1) is 0 Å². The Balaban J connectivity index is 2.53. The van der Waals surface area contributed by atoms with Crippen molar-refractivity contribution in [3.8, 4) is 0 Å². The molecule has 0 aromatic carbocycles. The van der Waals surface area contributed by atoms with Crippen molar-refractivity contribution in [1.29, 1.82) is 0 Å². The normalized spacial score (nSPS) is 25.9. The van der Waals surface area contributed by atoms with Gasteiger partial charge in [-0.2, -0.15) is 0 Å². The molecule has 1 fully saturated rings. The summed E-state index contributed by atoms with van der Waals surface area (Å²) in [6, 6.07) is -0.709. The zero-order chi connectivity index (χ0) is 11.6. The molecule has 0 saturated carbocycles. The monoisotopic (exact) mass is 214 g/mol. The Bertz CT molecular complexity index is 276. The average Bonchev–Trinajstić information content (AvgIpc) is 2.38. The fourth-order valence-corrected chi connectivity index (χ4v) is 1.94. The third-order valence-electron chi connectivity index (χ3n) is 2.63. The fraction of sp³-hybridized carbons (Fsp3) is 0.800. The van der Waals surface area contributed by atoms with Crippen molar-refractivity contribution in [2.75, 3.05) is 7.11 Å². The Morgan fingerprint density at radius 1 is 1.73 bits per heavy atom. The van der Waals surface area contributed by atoms with Crippen molar-refractivity contribution >= 4 is 11.9 Å². The molecule has 0 aromatic rings. The Labute approximate surface area is 89.3 Å². The van der Waals surface area contributed by atoms with E-state index in [1.807, 2.05) is 13.8 Å². The third kappa shape index (κ3) is 2.92. The van der Waals surface area contributed by atoms with Crippen LogP contribution in [0.2, 0.25) is 0 Å². The van der Waals surface area contributed by atoms with E-state index >= 15 is 0 Å². The highest BCUT2D eigenvalue weighted by molar-refractivity contribution is 5.83. The summed E-state index contributed by atoms with van der Waals surface area (Å²) < 4.78 is 4.51. The van der Waals surface area contributed by atoms with Crippen LogP contribution in [0.4, 0.5) is 0 Å². The zero-order valence-electron chi connectivity index (χ0n) is 9.37. The van der Waals surface area contributed by atoms with Crippen molar-refractivity contribution in [3.05, 3.63) is 0 Å². The number of ether oxygens (including phenoxy) is 1. The highest BCUT2D eigenvalue weighted by Crippen LogP contribution is 2.27. The molecule has 1 amide bonds. The van der Waals surface area contributed by atoms with Crippen LogP contribution in [0.3, 0.4) is 0 Å². The first-order chi connectivity index (χ1) is 6.85. The Kier molecular flexibility index (Phi) is 3.34. The number of hydrogen-bond acceptors (Lipinski definition) is 4. The molecule has 0 bridgehead atoms. The van der Waals surface area contributed by atoms with E-state index in [-0.39, 0.29) is 17.4 Å². The number of hydrogen-bond donors (Lipinski definition) is 2. The summed E-state index contributed by atoms with van der Waals surface area (Å²) in [5.74, 6) is -0.680. The number of rotatable bonds is 3. The van der Waals surface area contributed by atoms with E-state index in [2.05, 4.69) is 10.1 Å². The largest absolute Gasteiger partial charge is 0.468 e. The number of esters is 1. The summed E-state index contributed by atoms with van der Waals surface area (Å²) in [5.41, 5.74) is 5.41. The molecule has 86 valence electrons. The Morgan fingerprint density at radius 3 is 2.73 bits per heavy atom. The van der Waals surface area contributed by atoms with E-state index in [9.17, 15) is 9.59 Å². The molecular weight excluding hydrogens is 196 g/mol. The molecule has 0 aromatic heterocycles. The second-order valence-electron chi connectivity index (χ2n) is 4.64. The highest BCUT2D eigenvalue weighted by atomic mass is 16.5. The minimum atomic E-state index is -0.709. The molecule has 5 nitrogen and oxygen atoms in total. The number of nitrogens with one attached hydrogen (secondary N) is 1. The SMILES string of the molecule is COC(=O)[C@@H](N)CC1CC(C)(C)NC1=O. The van der Waals surface area contributed by atoms with E-state index in [0.29, 0.717) is 12.8 Å². The molecule has 0 spiro atoms. The lowest BCUT2D eigenvalue weighted by Crippen LogP contribution is -2.36. The van der Waals surface area contributed by atoms with Crippen LogP contribution in [0, 0.1) is 5.92 Å². The van der Waals surface area contributed by atoms with Gasteiger partial charge >= 0.3 is 5.97 Å². The lowest BCUT2D eigenvalue weighted by atomic mass is 9.92.